The first-order chi connectivity index (χ1) is 8.29. The van der Waals surface area contributed by atoms with E-state index in [1.54, 1.807) is 6.20 Å². The van der Waals surface area contributed by atoms with Crippen molar-refractivity contribution in [3.8, 4) is 11.6 Å². The van der Waals surface area contributed by atoms with Crippen LogP contribution in [0.15, 0.2) is 27.2 Å². The van der Waals surface area contributed by atoms with Crippen LogP contribution in [0, 0.1) is 0 Å². The molecule has 0 amide bonds. The second-order valence-corrected chi connectivity index (χ2v) is 4.46. The van der Waals surface area contributed by atoms with Gasteiger partial charge < -0.3 is 9.73 Å². The van der Waals surface area contributed by atoms with Gasteiger partial charge in [0.1, 0.15) is 5.69 Å². The van der Waals surface area contributed by atoms with Gasteiger partial charge in [-0.3, -0.25) is 0 Å². The van der Waals surface area contributed by atoms with Gasteiger partial charge in [0.25, 0.3) is 5.89 Å². The number of hydrogen-bond acceptors (Lipinski definition) is 5. The summed E-state index contributed by atoms with van der Waals surface area (Å²) in [6.07, 6.45) is 2.78. The number of halogens is 1. The topological polar surface area (TPSA) is 63.8 Å². The molecule has 0 radical (unpaired) electrons. The molecule has 17 heavy (non-hydrogen) atoms. The third kappa shape index (κ3) is 3.34. The predicted molar refractivity (Wildman–Crippen MR) is 67.2 cm³/mol. The summed E-state index contributed by atoms with van der Waals surface area (Å²) >= 11 is 3.33. The minimum Gasteiger partial charge on any atom is -0.418 e. The Labute approximate surface area is 108 Å². The number of aromatic nitrogens is 3. The minimum atomic E-state index is 0.450. The Hall–Kier alpha value is -1.27. The SMILES string of the molecule is CCCNCc1nnc(-c2ccc(Br)cn2)o1. The van der Waals surface area contributed by atoms with Crippen LogP contribution in [-0.4, -0.2) is 21.7 Å². The Bertz CT molecular complexity index is 469. The molecule has 0 atom stereocenters. The van der Waals surface area contributed by atoms with Gasteiger partial charge in [-0.05, 0) is 41.0 Å². The van der Waals surface area contributed by atoms with Crippen molar-refractivity contribution in [1.82, 2.24) is 20.5 Å². The van der Waals surface area contributed by atoms with Gasteiger partial charge in [-0.2, -0.15) is 0 Å². The second kappa shape index (κ2) is 5.88. The summed E-state index contributed by atoms with van der Waals surface area (Å²) in [5.74, 6) is 1.03. The summed E-state index contributed by atoms with van der Waals surface area (Å²) < 4.78 is 6.42. The van der Waals surface area contributed by atoms with Crippen LogP contribution in [0.25, 0.3) is 11.6 Å². The zero-order chi connectivity index (χ0) is 12.1. The number of pyridine rings is 1. The molecule has 0 bridgehead atoms. The molecule has 0 aliphatic carbocycles. The van der Waals surface area contributed by atoms with Crippen molar-refractivity contribution in [2.24, 2.45) is 0 Å². The van der Waals surface area contributed by atoms with Crippen LogP contribution >= 0.6 is 15.9 Å². The van der Waals surface area contributed by atoms with E-state index in [0.29, 0.717) is 24.0 Å². The van der Waals surface area contributed by atoms with Crippen LogP contribution in [0.4, 0.5) is 0 Å². The van der Waals surface area contributed by atoms with Crippen molar-refractivity contribution in [2.45, 2.75) is 19.9 Å². The first-order valence-electron chi connectivity index (χ1n) is 5.44. The molecule has 0 spiro atoms. The molecule has 2 aromatic heterocycles. The number of rotatable bonds is 5. The van der Waals surface area contributed by atoms with E-state index in [0.717, 1.165) is 17.4 Å². The quantitative estimate of drug-likeness (QED) is 0.859. The average Bonchev–Trinajstić information content (AvgIpc) is 2.79. The Kier molecular flexibility index (Phi) is 4.22. The maximum absolute atomic E-state index is 5.49. The Balaban J connectivity index is 2.04. The maximum atomic E-state index is 5.49. The van der Waals surface area contributed by atoms with E-state index in [1.807, 2.05) is 12.1 Å². The number of nitrogens with one attached hydrogen (secondary N) is 1. The highest BCUT2D eigenvalue weighted by Gasteiger charge is 2.08. The normalized spacial score (nSPS) is 10.7. The van der Waals surface area contributed by atoms with E-state index in [1.165, 1.54) is 0 Å². The van der Waals surface area contributed by atoms with E-state index in [4.69, 9.17) is 4.42 Å². The fraction of sp³-hybridized carbons (Fsp3) is 0.364. The molecule has 5 nitrogen and oxygen atoms in total. The van der Waals surface area contributed by atoms with E-state index in [-0.39, 0.29) is 0 Å². The molecule has 0 aliphatic heterocycles. The number of nitrogens with zero attached hydrogens (tertiary/aromatic N) is 3. The second-order valence-electron chi connectivity index (χ2n) is 3.54. The molecule has 2 rings (SSSR count). The molecular formula is C11H13BrN4O. The first kappa shape index (κ1) is 12.2. The van der Waals surface area contributed by atoms with E-state index >= 15 is 0 Å². The highest BCUT2D eigenvalue weighted by Crippen LogP contribution is 2.17. The zero-order valence-corrected chi connectivity index (χ0v) is 11.1. The van der Waals surface area contributed by atoms with Gasteiger partial charge in [0, 0.05) is 10.7 Å². The van der Waals surface area contributed by atoms with Crippen LogP contribution < -0.4 is 5.32 Å². The summed E-state index contributed by atoms with van der Waals surface area (Å²) in [5.41, 5.74) is 0.683. The molecule has 1 N–H and O–H groups in total. The lowest BCUT2D eigenvalue weighted by Gasteiger charge is -1.96. The standard InChI is InChI=1S/C11H13BrN4O/c1-2-5-13-7-10-15-16-11(17-10)9-4-3-8(12)6-14-9/h3-4,6,13H,2,5,7H2,1H3. The predicted octanol–water partition coefficient (Wildman–Crippen LogP) is 2.39. The highest BCUT2D eigenvalue weighted by atomic mass is 79.9. The molecule has 0 unspecified atom stereocenters. The van der Waals surface area contributed by atoms with Gasteiger partial charge in [-0.15, -0.1) is 10.2 Å². The Morgan fingerprint density at radius 2 is 2.24 bits per heavy atom. The maximum Gasteiger partial charge on any atom is 0.266 e. The summed E-state index contributed by atoms with van der Waals surface area (Å²) in [7, 11) is 0. The fourth-order valence-corrected chi connectivity index (χ4v) is 1.54. The lowest BCUT2D eigenvalue weighted by atomic mass is 10.3. The smallest absolute Gasteiger partial charge is 0.266 e. The first-order valence-corrected chi connectivity index (χ1v) is 6.24. The van der Waals surface area contributed by atoms with Crippen LogP contribution in [0.3, 0.4) is 0 Å². The largest absolute Gasteiger partial charge is 0.418 e. The van der Waals surface area contributed by atoms with E-state index < -0.39 is 0 Å². The fourth-order valence-electron chi connectivity index (χ4n) is 1.30. The third-order valence-corrected chi connectivity index (χ3v) is 2.59. The molecule has 0 aromatic carbocycles. The molecule has 0 aliphatic rings. The molecule has 6 heteroatoms. The molecule has 2 heterocycles. The third-order valence-electron chi connectivity index (χ3n) is 2.12. The molecule has 0 saturated carbocycles. The number of hydrogen-bond donors (Lipinski definition) is 1. The summed E-state index contributed by atoms with van der Waals surface area (Å²) in [4.78, 5) is 4.19. The van der Waals surface area contributed by atoms with Gasteiger partial charge in [0.2, 0.25) is 5.89 Å². The van der Waals surface area contributed by atoms with Crippen LogP contribution in [0.5, 0.6) is 0 Å². The lowest BCUT2D eigenvalue weighted by molar-refractivity contribution is 0.476. The summed E-state index contributed by atoms with van der Waals surface area (Å²) in [5, 5.41) is 11.1. The minimum absolute atomic E-state index is 0.450. The van der Waals surface area contributed by atoms with Crippen molar-refractivity contribution in [3.63, 3.8) is 0 Å². The Morgan fingerprint density at radius 3 is 2.94 bits per heavy atom. The van der Waals surface area contributed by atoms with Gasteiger partial charge in [-0.1, -0.05) is 6.92 Å². The summed E-state index contributed by atoms with van der Waals surface area (Å²) in [6, 6.07) is 3.72. The summed E-state index contributed by atoms with van der Waals surface area (Å²) in [6.45, 7) is 3.64. The van der Waals surface area contributed by atoms with Gasteiger partial charge >= 0.3 is 0 Å². The molecule has 2 aromatic rings. The van der Waals surface area contributed by atoms with Crippen LogP contribution in [0.1, 0.15) is 19.2 Å². The van der Waals surface area contributed by atoms with Gasteiger partial charge in [0.05, 0.1) is 6.54 Å². The van der Waals surface area contributed by atoms with Crippen molar-refractivity contribution in [2.75, 3.05) is 6.54 Å². The van der Waals surface area contributed by atoms with Crippen molar-refractivity contribution in [1.29, 1.82) is 0 Å². The van der Waals surface area contributed by atoms with E-state index in [9.17, 15) is 0 Å². The molecular weight excluding hydrogens is 284 g/mol. The van der Waals surface area contributed by atoms with Crippen molar-refractivity contribution < 1.29 is 4.42 Å². The Morgan fingerprint density at radius 1 is 1.35 bits per heavy atom. The van der Waals surface area contributed by atoms with Gasteiger partial charge in [-0.25, -0.2) is 4.98 Å². The van der Waals surface area contributed by atoms with Crippen LogP contribution in [0.2, 0.25) is 0 Å². The van der Waals surface area contributed by atoms with Crippen LogP contribution in [-0.2, 0) is 6.54 Å². The monoisotopic (exact) mass is 296 g/mol. The van der Waals surface area contributed by atoms with Gasteiger partial charge in [0.15, 0.2) is 0 Å². The molecule has 0 fully saturated rings. The van der Waals surface area contributed by atoms with Crippen molar-refractivity contribution in [3.05, 3.63) is 28.7 Å². The average molecular weight is 297 g/mol. The van der Waals surface area contributed by atoms with E-state index in [2.05, 4.69) is 43.4 Å². The molecule has 90 valence electrons. The van der Waals surface area contributed by atoms with Crippen molar-refractivity contribution >= 4 is 15.9 Å². The highest BCUT2D eigenvalue weighted by molar-refractivity contribution is 9.10. The zero-order valence-electron chi connectivity index (χ0n) is 9.48. The molecule has 0 saturated heterocycles. The lowest BCUT2D eigenvalue weighted by Crippen LogP contribution is -2.13.